The second-order valence-corrected chi connectivity index (χ2v) is 4.07. The van der Waals surface area contributed by atoms with E-state index in [0.717, 1.165) is 19.6 Å². The van der Waals surface area contributed by atoms with E-state index in [1.807, 2.05) is 7.05 Å². The van der Waals surface area contributed by atoms with Gasteiger partial charge in [0.05, 0.1) is 0 Å². The first-order chi connectivity index (χ1) is 6.68. The standard InChI is InChI=1S/C10H21N3O/c1-12(7-4-10(11)14)8-9-13-5-2-3-6-13/h2-9H2,1H3,(H2,11,14). The minimum absolute atomic E-state index is 0.210. The van der Waals surface area contributed by atoms with E-state index >= 15 is 0 Å². The topological polar surface area (TPSA) is 49.6 Å². The van der Waals surface area contributed by atoms with E-state index in [0.29, 0.717) is 6.42 Å². The molecule has 0 aliphatic carbocycles. The Morgan fingerprint density at radius 3 is 2.57 bits per heavy atom. The van der Waals surface area contributed by atoms with Crippen LogP contribution < -0.4 is 5.73 Å². The van der Waals surface area contributed by atoms with Crippen LogP contribution in [0.4, 0.5) is 0 Å². The number of nitrogens with two attached hydrogens (primary N) is 1. The van der Waals surface area contributed by atoms with Crippen LogP contribution in [0.3, 0.4) is 0 Å². The van der Waals surface area contributed by atoms with Crippen molar-refractivity contribution in [1.82, 2.24) is 9.80 Å². The summed E-state index contributed by atoms with van der Waals surface area (Å²) in [6.07, 6.45) is 3.15. The first-order valence-electron chi connectivity index (χ1n) is 5.37. The van der Waals surface area contributed by atoms with Gasteiger partial charge in [0.25, 0.3) is 0 Å². The van der Waals surface area contributed by atoms with Crippen molar-refractivity contribution in [2.75, 3.05) is 39.8 Å². The minimum atomic E-state index is -0.210. The van der Waals surface area contributed by atoms with Gasteiger partial charge in [-0.1, -0.05) is 0 Å². The Balaban J connectivity index is 2.02. The molecule has 0 atom stereocenters. The van der Waals surface area contributed by atoms with Crippen LogP contribution in [-0.2, 0) is 4.79 Å². The molecule has 0 spiro atoms. The maximum atomic E-state index is 10.5. The first-order valence-corrected chi connectivity index (χ1v) is 5.37. The van der Waals surface area contributed by atoms with E-state index in [2.05, 4.69) is 9.80 Å². The van der Waals surface area contributed by atoms with Gasteiger partial charge in [-0.05, 0) is 33.0 Å². The van der Waals surface area contributed by atoms with Crippen LogP contribution in [0, 0.1) is 0 Å². The van der Waals surface area contributed by atoms with E-state index in [4.69, 9.17) is 5.73 Å². The number of carbonyl (C=O) groups excluding carboxylic acids is 1. The summed E-state index contributed by atoms with van der Waals surface area (Å²) in [4.78, 5) is 15.2. The molecule has 1 aliphatic rings. The quantitative estimate of drug-likeness (QED) is 0.649. The maximum absolute atomic E-state index is 10.5. The highest BCUT2D eigenvalue weighted by Crippen LogP contribution is 2.06. The average molecular weight is 199 g/mol. The molecular formula is C10H21N3O. The van der Waals surface area contributed by atoms with E-state index < -0.39 is 0 Å². The van der Waals surface area contributed by atoms with Gasteiger partial charge in [0, 0.05) is 26.1 Å². The van der Waals surface area contributed by atoms with Gasteiger partial charge >= 0.3 is 0 Å². The Hall–Kier alpha value is -0.610. The zero-order valence-corrected chi connectivity index (χ0v) is 9.04. The number of hydrogen-bond donors (Lipinski definition) is 1. The summed E-state index contributed by atoms with van der Waals surface area (Å²) in [5.74, 6) is -0.210. The number of amides is 1. The highest BCUT2D eigenvalue weighted by Gasteiger charge is 2.11. The zero-order chi connectivity index (χ0) is 10.4. The van der Waals surface area contributed by atoms with Crippen molar-refractivity contribution >= 4 is 5.91 Å². The number of nitrogens with zero attached hydrogens (tertiary/aromatic N) is 2. The second kappa shape index (κ2) is 5.98. The Labute approximate surface area is 86.0 Å². The van der Waals surface area contributed by atoms with Crippen molar-refractivity contribution in [3.8, 4) is 0 Å². The predicted octanol–water partition coefficient (Wildman–Crippen LogP) is -0.111. The van der Waals surface area contributed by atoms with Gasteiger partial charge < -0.3 is 15.5 Å². The molecule has 1 heterocycles. The number of carbonyl (C=O) groups is 1. The van der Waals surface area contributed by atoms with E-state index in [1.54, 1.807) is 0 Å². The van der Waals surface area contributed by atoms with Gasteiger partial charge in [0.2, 0.25) is 5.91 Å². The number of hydrogen-bond acceptors (Lipinski definition) is 3. The molecule has 82 valence electrons. The van der Waals surface area contributed by atoms with Crippen molar-refractivity contribution in [3.05, 3.63) is 0 Å². The van der Waals surface area contributed by atoms with Gasteiger partial charge in [0.15, 0.2) is 0 Å². The average Bonchev–Trinajstić information content (AvgIpc) is 2.63. The maximum Gasteiger partial charge on any atom is 0.218 e. The molecule has 14 heavy (non-hydrogen) atoms. The van der Waals surface area contributed by atoms with Crippen molar-refractivity contribution in [2.45, 2.75) is 19.3 Å². The van der Waals surface area contributed by atoms with Crippen LogP contribution >= 0.6 is 0 Å². The largest absolute Gasteiger partial charge is 0.370 e. The summed E-state index contributed by atoms with van der Waals surface area (Å²) in [5, 5.41) is 0. The van der Waals surface area contributed by atoms with Gasteiger partial charge in [-0.3, -0.25) is 4.79 Å². The van der Waals surface area contributed by atoms with E-state index in [-0.39, 0.29) is 5.91 Å². The predicted molar refractivity (Wildman–Crippen MR) is 57.0 cm³/mol. The molecule has 0 unspecified atom stereocenters. The summed E-state index contributed by atoms with van der Waals surface area (Å²) >= 11 is 0. The van der Waals surface area contributed by atoms with Gasteiger partial charge in [0.1, 0.15) is 0 Å². The fraction of sp³-hybridized carbons (Fsp3) is 0.900. The highest BCUT2D eigenvalue weighted by molar-refractivity contribution is 5.73. The molecule has 1 rings (SSSR count). The molecule has 4 nitrogen and oxygen atoms in total. The number of primary amides is 1. The van der Waals surface area contributed by atoms with Crippen LogP contribution in [0.5, 0.6) is 0 Å². The van der Waals surface area contributed by atoms with Crippen molar-refractivity contribution < 1.29 is 4.79 Å². The summed E-state index contributed by atoms with van der Waals surface area (Å²) in [5.41, 5.74) is 5.08. The zero-order valence-electron chi connectivity index (χ0n) is 9.04. The molecule has 0 aromatic rings. The Bertz CT molecular complexity index is 178. The molecule has 0 bridgehead atoms. The van der Waals surface area contributed by atoms with Gasteiger partial charge in [-0.15, -0.1) is 0 Å². The smallest absolute Gasteiger partial charge is 0.218 e. The Morgan fingerprint density at radius 2 is 2.00 bits per heavy atom. The summed E-state index contributed by atoms with van der Waals surface area (Å²) in [6, 6.07) is 0. The molecule has 0 saturated carbocycles. The fourth-order valence-electron chi connectivity index (χ4n) is 1.73. The minimum Gasteiger partial charge on any atom is -0.370 e. The van der Waals surface area contributed by atoms with Crippen LogP contribution in [0.25, 0.3) is 0 Å². The lowest BCUT2D eigenvalue weighted by Crippen LogP contribution is -2.33. The number of rotatable bonds is 6. The third kappa shape index (κ3) is 4.58. The highest BCUT2D eigenvalue weighted by atomic mass is 16.1. The fourth-order valence-corrected chi connectivity index (χ4v) is 1.73. The first kappa shape index (κ1) is 11.5. The monoisotopic (exact) mass is 199 g/mol. The van der Waals surface area contributed by atoms with Crippen LogP contribution in [0.1, 0.15) is 19.3 Å². The van der Waals surface area contributed by atoms with Gasteiger partial charge in [-0.25, -0.2) is 0 Å². The lowest BCUT2D eigenvalue weighted by molar-refractivity contribution is -0.118. The molecule has 1 fully saturated rings. The number of likely N-dealkylation sites (N-methyl/N-ethyl adjacent to an activating group) is 1. The molecule has 1 aliphatic heterocycles. The molecule has 0 aromatic carbocycles. The molecule has 0 radical (unpaired) electrons. The van der Waals surface area contributed by atoms with E-state index in [9.17, 15) is 4.79 Å². The molecular weight excluding hydrogens is 178 g/mol. The molecule has 1 saturated heterocycles. The van der Waals surface area contributed by atoms with Crippen molar-refractivity contribution in [3.63, 3.8) is 0 Å². The SMILES string of the molecule is CN(CCC(N)=O)CCN1CCCC1. The third-order valence-corrected chi connectivity index (χ3v) is 2.74. The lowest BCUT2D eigenvalue weighted by atomic mass is 10.3. The Morgan fingerprint density at radius 1 is 1.36 bits per heavy atom. The van der Waals surface area contributed by atoms with Crippen LogP contribution in [0.15, 0.2) is 0 Å². The Kier molecular flexibility index (Phi) is 4.90. The normalized spacial score (nSPS) is 17.9. The third-order valence-electron chi connectivity index (χ3n) is 2.74. The molecule has 2 N–H and O–H groups in total. The van der Waals surface area contributed by atoms with Gasteiger partial charge in [-0.2, -0.15) is 0 Å². The van der Waals surface area contributed by atoms with Crippen LogP contribution in [-0.4, -0.2) is 55.5 Å². The molecule has 0 aromatic heterocycles. The van der Waals surface area contributed by atoms with E-state index in [1.165, 1.54) is 25.9 Å². The van der Waals surface area contributed by atoms with Crippen molar-refractivity contribution in [1.29, 1.82) is 0 Å². The molecule has 4 heteroatoms. The van der Waals surface area contributed by atoms with Crippen LogP contribution in [0.2, 0.25) is 0 Å². The number of likely N-dealkylation sites (tertiary alicyclic amines) is 1. The summed E-state index contributed by atoms with van der Waals surface area (Å²) in [7, 11) is 2.04. The summed E-state index contributed by atoms with van der Waals surface area (Å²) < 4.78 is 0. The van der Waals surface area contributed by atoms with Crippen molar-refractivity contribution in [2.24, 2.45) is 5.73 Å². The lowest BCUT2D eigenvalue weighted by Gasteiger charge is -2.20. The summed E-state index contributed by atoms with van der Waals surface area (Å²) in [6.45, 7) is 5.42. The molecule has 1 amide bonds. The second-order valence-electron chi connectivity index (χ2n) is 4.07.